The van der Waals surface area contributed by atoms with Crippen LogP contribution in [0.4, 0.5) is 0 Å². The SMILES string of the molecule is COCCNCC(=O)NC#CCCC(=O)NCCC(O)(Cc1ccccc1)N(CC(C)C)S(=O)(=O)c1ccccc1. The van der Waals surface area contributed by atoms with E-state index in [4.69, 9.17) is 4.74 Å². The summed E-state index contributed by atoms with van der Waals surface area (Å²) in [7, 11) is -2.48. The molecule has 2 aromatic carbocycles. The number of benzene rings is 2. The van der Waals surface area contributed by atoms with Crippen LogP contribution in [0.3, 0.4) is 0 Å². The van der Waals surface area contributed by atoms with E-state index >= 15 is 0 Å². The van der Waals surface area contributed by atoms with E-state index in [2.05, 4.69) is 27.9 Å². The standard InChI is InChI=1S/C30H42N4O6S/c1-25(2)24-34(41(38,39)27-14-8-5-9-15-27)30(37,22-26-12-6-4-7-13-26)17-19-33-28(35)16-10-11-18-32-29(36)23-31-20-21-40-3/h4-9,12-15,25,31,37H,10,16-17,19-24H2,1-3H3,(H,32,36)(H,33,35). The second-order valence-corrected chi connectivity index (χ2v) is 11.9. The Morgan fingerprint density at radius 2 is 1.68 bits per heavy atom. The van der Waals surface area contributed by atoms with Crippen molar-refractivity contribution in [1.29, 1.82) is 0 Å². The summed E-state index contributed by atoms with van der Waals surface area (Å²) in [6.07, 6.45) is 0.335. The van der Waals surface area contributed by atoms with Crippen molar-refractivity contribution in [2.24, 2.45) is 5.92 Å². The van der Waals surface area contributed by atoms with Crippen molar-refractivity contribution in [2.45, 2.75) is 50.2 Å². The fraction of sp³-hybridized carbons (Fsp3) is 0.467. The molecule has 0 saturated heterocycles. The first-order valence-corrected chi connectivity index (χ1v) is 15.1. The predicted octanol–water partition coefficient (Wildman–Crippen LogP) is 1.86. The van der Waals surface area contributed by atoms with Gasteiger partial charge >= 0.3 is 0 Å². The van der Waals surface area contributed by atoms with E-state index in [0.717, 1.165) is 9.87 Å². The van der Waals surface area contributed by atoms with Gasteiger partial charge < -0.3 is 20.5 Å². The molecule has 2 rings (SSSR count). The number of carbonyl (C=O) groups excluding carboxylic acids is 2. The van der Waals surface area contributed by atoms with Crippen LogP contribution in [0.5, 0.6) is 0 Å². The third-order valence-electron chi connectivity index (χ3n) is 6.04. The van der Waals surface area contributed by atoms with Gasteiger partial charge in [0.1, 0.15) is 5.72 Å². The summed E-state index contributed by atoms with van der Waals surface area (Å²) >= 11 is 0. The minimum atomic E-state index is -4.05. The quantitative estimate of drug-likeness (QED) is 0.0961. The van der Waals surface area contributed by atoms with Crippen molar-refractivity contribution < 1.29 is 27.9 Å². The monoisotopic (exact) mass is 586 g/mol. The zero-order valence-corrected chi connectivity index (χ0v) is 24.9. The molecular weight excluding hydrogens is 544 g/mol. The molecule has 1 unspecified atom stereocenters. The lowest BCUT2D eigenvalue weighted by Gasteiger charge is -2.40. The molecule has 1 atom stereocenters. The molecule has 224 valence electrons. The highest BCUT2D eigenvalue weighted by Gasteiger charge is 2.42. The van der Waals surface area contributed by atoms with Crippen LogP contribution in [-0.4, -0.2) is 75.3 Å². The molecule has 0 fully saturated rings. The molecule has 0 aliphatic carbocycles. The Labute approximate surface area is 243 Å². The Kier molecular flexibility index (Phi) is 14.5. The van der Waals surface area contributed by atoms with Gasteiger partial charge in [0.05, 0.1) is 18.0 Å². The van der Waals surface area contributed by atoms with Crippen LogP contribution in [0.15, 0.2) is 65.6 Å². The number of hydrogen-bond donors (Lipinski definition) is 4. The number of carbonyl (C=O) groups is 2. The average molecular weight is 587 g/mol. The molecule has 0 radical (unpaired) electrons. The van der Waals surface area contributed by atoms with Gasteiger partial charge in [-0.3, -0.25) is 14.9 Å². The fourth-order valence-electron chi connectivity index (χ4n) is 4.03. The van der Waals surface area contributed by atoms with E-state index < -0.39 is 15.7 Å². The second-order valence-electron chi connectivity index (χ2n) is 10.0. The Hall–Kier alpha value is -3.27. The number of aliphatic hydroxyl groups is 1. The average Bonchev–Trinajstić information content (AvgIpc) is 2.94. The molecule has 0 heterocycles. The topological polar surface area (TPSA) is 137 Å². The molecular formula is C30H42N4O6S. The van der Waals surface area contributed by atoms with Crippen molar-refractivity contribution in [3.8, 4) is 12.0 Å². The van der Waals surface area contributed by atoms with E-state index in [0.29, 0.717) is 13.2 Å². The number of nitrogens with zero attached hydrogens (tertiary/aromatic N) is 1. The van der Waals surface area contributed by atoms with Gasteiger partial charge in [-0.05, 0) is 23.6 Å². The summed E-state index contributed by atoms with van der Waals surface area (Å²) in [5.41, 5.74) is -1.03. The number of nitrogens with one attached hydrogen (secondary N) is 3. The van der Waals surface area contributed by atoms with E-state index in [-0.39, 0.29) is 67.9 Å². The third-order valence-corrected chi connectivity index (χ3v) is 7.98. The summed E-state index contributed by atoms with van der Waals surface area (Å²) in [5, 5.41) is 20.1. The highest BCUT2D eigenvalue weighted by molar-refractivity contribution is 7.89. The number of ether oxygens (including phenoxy) is 1. The molecule has 0 saturated carbocycles. The molecule has 41 heavy (non-hydrogen) atoms. The van der Waals surface area contributed by atoms with Gasteiger partial charge in [0.25, 0.3) is 0 Å². The van der Waals surface area contributed by atoms with Crippen LogP contribution >= 0.6 is 0 Å². The zero-order chi connectivity index (χ0) is 30.1. The lowest BCUT2D eigenvalue weighted by atomic mass is 9.98. The minimum absolute atomic E-state index is 0.0236. The van der Waals surface area contributed by atoms with Crippen LogP contribution < -0.4 is 16.0 Å². The molecule has 4 N–H and O–H groups in total. The molecule has 11 heteroatoms. The molecule has 2 aromatic rings. The molecule has 0 aliphatic heterocycles. The maximum absolute atomic E-state index is 13.8. The van der Waals surface area contributed by atoms with Gasteiger partial charge in [0.15, 0.2) is 0 Å². The number of sulfonamides is 1. The zero-order valence-electron chi connectivity index (χ0n) is 24.1. The van der Waals surface area contributed by atoms with Gasteiger partial charge in [0, 0.05) is 58.5 Å². The second kappa shape index (κ2) is 17.5. The summed E-state index contributed by atoms with van der Waals surface area (Å²) < 4.78 is 33.6. The lowest BCUT2D eigenvalue weighted by Crippen LogP contribution is -2.55. The van der Waals surface area contributed by atoms with Crippen LogP contribution in [0, 0.1) is 17.9 Å². The smallest absolute Gasteiger partial charge is 0.245 e. The highest BCUT2D eigenvalue weighted by atomic mass is 32.2. The van der Waals surface area contributed by atoms with Gasteiger partial charge in [-0.2, -0.15) is 4.31 Å². The molecule has 2 amide bonds. The van der Waals surface area contributed by atoms with E-state index in [1.165, 1.54) is 12.1 Å². The van der Waals surface area contributed by atoms with Crippen molar-refractivity contribution in [3.05, 3.63) is 66.2 Å². The number of rotatable bonds is 17. The predicted molar refractivity (Wildman–Crippen MR) is 158 cm³/mol. The number of methoxy groups -OCH3 is 1. The Balaban J connectivity index is 2.06. The molecule has 0 aromatic heterocycles. The Bertz CT molecular complexity index is 1250. The van der Waals surface area contributed by atoms with E-state index in [1.807, 2.05) is 44.2 Å². The van der Waals surface area contributed by atoms with E-state index in [9.17, 15) is 23.1 Å². The summed E-state index contributed by atoms with van der Waals surface area (Å²) in [5.74, 6) is 2.09. The Morgan fingerprint density at radius 3 is 2.32 bits per heavy atom. The normalized spacial score (nSPS) is 12.8. The van der Waals surface area contributed by atoms with Crippen LogP contribution in [0.25, 0.3) is 0 Å². The first-order chi connectivity index (χ1) is 19.6. The van der Waals surface area contributed by atoms with Crippen molar-refractivity contribution in [3.63, 3.8) is 0 Å². The first-order valence-electron chi connectivity index (χ1n) is 13.7. The maximum Gasteiger partial charge on any atom is 0.245 e. The van der Waals surface area contributed by atoms with Crippen molar-refractivity contribution >= 4 is 21.8 Å². The highest BCUT2D eigenvalue weighted by Crippen LogP contribution is 2.30. The molecule has 10 nitrogen and oxygen atoms in total. The summed E-state index contributed by atoms with van der Waals surface area (Å²) in [6.45, 7) is 5.08. The first kappa shape index (κ1) is 33.9. The Morgan fingerprint density at radius 1 is 1.02 bits per heavy atom. The molecule has 0 bridgehead atoms. The van der Waals surface area contributed by atoms with Crippen molar-refractivity contribution in [2.75, 3.05) is 39.9 Å². The minimum Gasteiger partial charge on any atom is -0.383 e. The fourth-order valence-corrected chi connectivity index (χ4v) is 5.88. The summed E-state index contributed by atoms with van der Waals surface area (Å²) in [6, 6.07) is 19.8. The van der Waals surface area contributed by atoms with Crippen LogP contribution in [0.1, 0.15) is 38.7 Å². The van der Waals surface area contributed by atoms with Crippen molar-refractivity contribution in [1.82, 2.24) is 20.3 Å². The number of amides is 2. The van der Waals surface area contributed by atoms with Gasteiger partial charge in [-0.1, -0.05) is 68.3 Å². The van der Waals surface area contributed by atoms with E-state index in [1.54, 1.807) is 25.3 Å². The summed E-state index contributed by atoms with van der Waals surface area (Å²) in [4.78, 5) is 24.2. The largest absolute Gasteiger partial charge is 0.383 e. The lowest BCUT2D eigenvalue weighted by molar-refractivity contribution is -0.121. The van der Waals surface area contributed by atoms with Crippen LogP contribution in [-0.2, 0) is 30.8 Å². The molecule has 0 aliphatic rings. The number of hydrogen-bond acceptors (Lipinski definition) is 7. The maximum atomic E-state index is 13.8. The third kappa shape index (κ3) is 12.0. The molecule has 0 spiro atoms. The van der Waals surface area contributed by atoms with Gasteiger partial charge in [0.2, 0.25) is 21.8 Å². The van der Waals surface area contributed by atoms with Gasteiger partial charge in [-0.25, -0.2) is 8.42 Å². The van der Waals surface area contributed by atoms with Gasteiger partial charge in [-0.15, -0.1) is 0 Å². The van der Waals surface area contributed by atoms with Crippen LogP contribution in [0.2, 0.25) is 0 Å².